The van der Waals surface area contributed by atoms with Gasteiger partial charge in [-0.15, -0.1) is 0 Å². The molecule has 0 spiro atoms. The largest absolute Gasteiger partial charge is 0.481 e. The zero-order chi connectivity index (χ0) is 28.8. The molecule has 9 nitrogen and oxygen atoms in total. The monoisotopic (exact) mass is 603 g/mol. The van der Waals surface area contributed by atoms with Crippen molar-refractivity contribution in [1.29, 1.82) is 0 Å². The zero-order valence-electron chi connectivity index (χ0n) is 21.7. The van der Waals surface area contributed by atoms with Crippen LogP contribution < -0.4 is 15.5 Å². The first-order valence-corrected chi connectivity index (χ1v) is 13.9. The number of amides is 2. The summed E-state index contributed by atoms with van der Waals surface area (Å²) in [6.45, 7) is 0.00310. The van der Waals surface area contributed by atoms with Crippen molar-refractivity contribution in [1.82, 2.24) is 15.3 Å². The van der Waals surface area contributed by atoms with E-state index in [0.717, 1.165) is 31.2 Å². The molecule has 1 aliphatic carbocycles. The molecule has 12 heteroatoms. The van der Waals surface area contributed by atoms with Crippen LogP contribution in [0.1, 0.15) is 53.0 Å². The summed E-state index contributed by atoms with van der Waals surface area (Å²) < 4.78 is 0. The average molecular weight is 605 g/mol. The number of aromatic nitrogens is 2. The summed E-state index contributed by atoms with van der Waals surface area (Å²) in [6.07, 6.45) is 4.03. The van der Waals surface area contributed by atoms with Gasteiger partial charge in [0.15, 0.2) is 0 Å². The Labute approximate surface area is 246 Å². The van der Waals surface area contributed by atoms with E-state index in [1.165, 1.54) is 6.07 Å². The maximum absolute atomic E-state index is 12.6. The van der Waals surface area contributed by atoms with Gasteiger partial charge < -0.3 is 20.6 Å². The molecule has 1 aliphatic rings. The number of hydrogen-bond donors (Lipinski definition) is 3. The van der Waals surface area contributed by atoms with Crippen LogP contribution in [-0.2, 0) is 22.4 Å². The average Bonchev–Trinajstić information content (AvgIpc) is 3.40. The van der Waals surface area contributed by atoms with Crippen molar-refractivity contribution in [3.63, 3.8) is 0 Å². The molecule has 1 saturated carbocycles. The van der Waals surface area contributed by atoms with Gasteiger partial charge in [-0.1, -0.05) is 59.8 Å². The molecular formula is C28H28Cl3N5O4. The number of rotatable bonds is 10. The lowest BCUT2D eigenvalue weighted by atomic mass is 10.1. The van der Waals surface area contributed by atoms with Gasteiger partial charge in [0.2, 0.25) is 5.91 Å². The lowest BCUT2D eigenvalue weighted by Crippen LogP contribution is -2.40. The third kappa shape index (κ3) is 7.84. The maximum Gasteiger partial charge on any atom is 0.308 e. The summed E-state index contributed by atoms with van der Waals surface area (Å²) in [5, 5.41) is 15.9. The molecule has 0 atom stereocenters. The molecule has 1 aromatic heterocycles. The minimum atomic E-state index is -1.08. The van der Waals surface area contributed by atoms with E-state index >= 15 is 0 Å². The van der Waals surface area contributed by atoms with E-state index < -0.39 is 5.97 Å². The number of carboxylic acid groups (broad SMARTS) is 1. The Hall–Kier alpha value is -3.40. The summed E-state index contributed by atoms with van der Waals surface area (Å²) in [6, 6.07) is 11.9. The minimum Gasteiger partial charge on any atom is -0.481 e. The fourth-order valence-corrected chi connectivity index (χ4v) is 5.10. The third-order valence-electron chi connectivity index (χ3n) is 6.53. The van der Waals surface area contributed by atoms with Crippen LogP contribution in [0.3, 0.4) is 0 Å². The van der Waals surface area contributed by atoms with Crippen LogP contribution in [0, 0.1) is 0 Å². The molecule has 4 rings (SSSR count). The van der Waals surface area contributed by atoms with Crippen molar-refractivity contribution >= 4 is 64.1 Å². The first-order valence-electron chi connectivity index (χ1n) is 12.7. The molecule has 2 aromatic carbocycles. The number of carbonyl (C=O) groups is 3. The second kappa shape index (κ2) is 13.3. The van der Waals surface area contributed by atoms with E-state index in [0.29, 0.717) is 34.3 Å². The Morgan fingerprint density at radius 3 is 2.35 bits per heavy atom. The summed E-state index contributed by atoms with van der Waals surface area (Å²) in [7, 11) is 1.67. The van der Waals surface area contributed by atoms with Crippen LogP contribution in [0.4, 0.5) is 11.5 Å². The summed E-state index contributed by atoms with van der Waals surface area (Å²) in [5.74, 6) is -0.915. The summed E-state index contributed by atoms with van der Waals surface area (Å²) in [4.78, 5) is 47.2. The zero-order valence-corrected chi connectivity index (χ0v) is 24.0. The highest BCUT2D eigenvalue weighted by Crippen LogP contribution is 2.27. The van der Waals surface area contributed by atoms with E-state index in [1.54, 1.807) is 36.2 Å². The van der Waals surface area contributed by atoms with Crippen LogP contribution in [0.15, 0.2) is 42.5 Å². The number of nitrogens with zero attached hydrogens (tertiary/aromatic N) is 3. The van der Waals surface area contributed by atoms with Gasteiger partial charge in [-0.2, -0.15) is 0 Å². The summed E-state index contributed by atoms with van der Waals surface area (Å²) >= 11 is 18.3. The molecule has 0 aliphatic heterocycles. The van der Waals surface area contributed by atoms with Crippen molar-refractivity contribution in [2.75, 3.05) is 23.8 Å². The number of carboxylic acids is 1. The van der Waals surface area contributed by atoms with Crippen LogP contribution in [0.5, 0.6) is 0 Å². The predicted octanol–water partition coefficient (Wildman–Crippen LogP) is 5.40. The molecule has 1 heterocycles. The lowest BCUT2D eigenvalue weighted by molar-refractivity contribution is -0.136. The fourth-order valence-electron chi connectivity index (χ4n) is 4.55. The number of likely N-dealkylation sites (N-methyl/N-ethyl adjacent to an activating group) is 1. The first kappa shape index (κ1) is 29.6. The van der Waals surface area contributed by atoms with Crippen LogP contribution in [0.2, 0.25) is 15.2 Å². The quantitative estimate of drug-likeness (QED) is 0.265. The van der Waals surface area contributed by atoms with Crippen LogP contribution in [0.25, 0.3) is 0 Å². The second-order valence-corrected chi connectivity index (χ2v) is 10.8. The SMILES string of the molecule is CN(CC(=O)NC1CCCC1)c1nc(Cc2ccc(NC(=O)c3ccc(Cl)c(Cl)c3)cc2)nc(Cl)c1CC(=O)O. The Balaban J connectivity index is 1.47. The van der Waals surface area contributed by atoms with Crippen molar-refractivity contribution in [2.24, 2.45) is 0 Å². The number of nitrogens with one attached hydrogen (secondary N) is 2. The van der Waals surface area contributed by atoms with Gasteiger partial charge in [-0.25, -0.2) is 9.97 Å². The molecule has 40 heavy (non-hydrogen) atoms. The van der Waals surface area contributed by atoms with Crippen molar-refractivity contribution in [2.45, 2.75) is 44.6 Å². The molecule has 0 unspecified atom stereocenters. The number of aliphatic carboxylic acids is 1. The highest BCUT2D eigenvalue weighted by molar-refractivity contribution is 6.42. The molecule has 1 fully saturated rings. The van der Waals surface area contributed by atoms with E-state index in [4.69, 9.17) is 34.8 Å². The maximum atomic E-state index is 12.6. The van der Waals surface area contributed by atoms with E-state index in [9.17, 15) is 19.5 Å². The van der Waals surface area contributed by atoms with Crippen LogP contribution >= 0.6 is 34.8 Å². The van der Waals surface area contributed by atoms with Gasteiger partial charge in [0.25, 0.3) is 5.91 Å². The van der Waals surface area contributed by atoms with Gasteiger partial charge in [0.05, 0.1) is 23.0 Å². The van der Waals surface area contributed by atoms with Crippen molar-refractivity contribution in [3.05, 3.63) is 80.2 Å². The fraction of sp³-hybridized carbons (Fsp3) is 0.321. The lowest BCUT2D eigenvalue weighted by Gasteiger charge is -2.22. The van der Waals surface area contributed by atoms with Gasteiger partial charge in [-0.05, 0) is 48.7 Å². The van der Waals surface area contributed by atoms with E-state index in [1.807, 2.05) is 12.1 Å². The smallest absolute Gasteiger partial charge is 0.308 e. The Kier molecular flexibility index (Phi) is 9.84. The van der Waals surface area contributed by atoms with Gasteiger partial charge in [0.1, 0.15) is 16.8 Å². The number of anilines is 2. The van der Waals surface area contributed by atoms with Gasteiger partial charge in [0, 0.05) is 36.3 Å². The van der Waals surface area contributed by atoms with Crippen molar-refractivity contribution < 1.29 is 19.5 Å². The number of carbonyl (C=O) groups excluding carboxylic acids is 2. The van der Waals surface area contributed by atoms with E-state index in [2.05, 4.69) is 20.6 Å². The third-order valence-corrected chi connectivity index (χ3v) is 7.58. The minimum absolute atomic E-state index is 0.00310. The highest BCUT2D eigenvalue weighted by Gasteiger charge is 2.22. The number of halogens is 3. The molecule has 0 bridgehead atoms. The Morgan fingerprint density at radius 2 is 1.70 bits per heavy atom. The number of benzene rings is 2. The Bertz CT molecular complexity index is 1410. The predicted molar refractivity (Wildman–Crippen MR) is 156 cm³/mol. The van der Waals surface area contributed by atoms with Gasteiger partial charge in [-0.3, -0.25) is 14.4 Å². The van der Waals surface area contributed by atoms with Crippen LogP contribution in [-0.4, -0.2) is 52.5 Å². The standard InChI is InChI=1S/C28H28Cl3N5O4/c1-36(15-24(37)32-18-4-2-3-5-18)27-20(14-25(38)39)26(31)34-23(35-27)12-16-6-9-19(10-7-16)33-28(40)17-8-11-21(29)22(30)13-17/h6-11,13,18H,2-5,12,14-15H2,1H3,(H,32,37)(H,33,40)(H,38,39). The molecular weight excluding hydrogens is 577 g/mol. The molecule has 0 radical (unpaired) electrons. The molecule has 3 aromatic rings. The molecule has 2 amide bonds. The topological polar surface area (TPSA) is 125 Å². The van der Waals surface area contributed by atoms with Crippen molar-refractivity contribution in [3.8, 4) is 0 Å². The second-order valence-electron chi connectivity index (χ2n) is 9.66. The number of hydrogen-bond acceptors (Lipinski definition) is 6. The first-order chi connectivity index (χ1) is 19.1. The van der Waals surface area contributed by atoms with E-state index in [-0.39, 0.29) is 46.6 Å². The Morgan fingerprint density at radius 1 is 1.00 bits per heavy atom. The molecule has 210 valence electrons. The molecule has 3 N–H and O–H groups in total. The summed E-state index contributed by atoms with van der Waals surface area (Å²) in [5.41, 5.74) is 2.03. The highest BCUT2D eigenvalue weighted by atomic mass is 35.5. The molecule has 0 saturated heterocycles. The van der Waals surface area contributed by atoms with Gasteiger partial charge >= 0.3 is 5.97 Å². The normalized spacial score (nSPS) is 13.2.